The Bertz CT molecular complexity index is 752. The van der Waals surface area contributed by atoms with E-state index in [2.05, 4.69) is 52.9 Å². The number of imidazole rings is 1. The van der Waals surface area contributed by atoms with Crippen LogP contribution in [0, 0.1) is 0 Å². The van der Waals surface area contributed by atoms with E-state index in [1.165, 1.54) is 154 Å². The molecule has 1 heterocycles. The van der Waals surface area contributed by atoms with Crippen LogP contribution in [0.15, 0.2) is 18.7 Å². The molecule has 0 aliphatic heterocycles. The third kappa shape index (κ3) is 33.4. The Labute approximate surface area is 256 Å². The zero-order valence-electron chi connectivity index (χ0n) is 27.5. The van der Waals surface area contributed by atoms with E-state index in [9.17, 15) is 13.0 Å². The predicted molar refractivity (Wildman–Crippen MR) is 173 cm³/mol. The van der Waals surface area contributed by atoms with Gasteiger partial charge < -0.3 is 4.55 Å². The van der Waals surface area contributed by atoms with Gasteiger partial charge in [-0.05, 0) is 19.3 Å². The van der Waals surface area contributed by atoms with Crippen LogP contribution in [0.1, 0.15) is 181 Å². The lowest BCUT2D eigenvalue weighted by atomic mass is 10.0. The standard InChI is InChI=1S/C22H43N2.C12H26O4S/c1-3-4-5-6-7-8-9-10-11-12-13-14-15-16-17-18-19-24-21-20-23(2)22-24;1-2-3-4-5-6-7-8-9-10-11-12-16-17(13,14)15/h20-22H,3-19H2,1-2H3;2-12H2,1H3,(H,13,14,15)/q+1;/p-1. The molecule has 0 bridgehead atoms. The quantitative estimate of drug-likeness (QED) is 0.0397. The van der Waals surface area contributed by atoms with Crippen LogP contribution < -0.4 is 4.57 Å². The first-order chi connectivity index (χ1) is 19.9. The summed E-state index contributed by atoms with van der Waals surface area (Å²) in [5, 5.41) is 0. The molecule has 1 aromatic heterocycles. The summed E-state index contributed by atoms with van der Waals surface area (Å²) < 4.78 is 38.9. The van der Waals surface area contributed by atoms with Crippen LogP contribution in [0.2, 0.25) is 0 Å². The number of rotatable bonds is 29. The molecule has 0 fully saturated rings. The number of aryl methyl sites for hydroxylation is 2. The molecular weight excluding hydrogens is 532 g/mol. The van der Waals surface area contributed by atoms with Gasteiger partial charge in [0.05, 0.1) is 20.2 Å². The van der Waals surface area contributed by atoms with E-state index >= 15 is 0 Å². The molecule has 244 valence electrons. The van der Waals surface area contributed by atoms with Gasteiger partial charge in [0.15, 0.2) is 0 Å². The van der Waals surface area contributed by atoms with Crippen molar-refractivity contribution < 1.29 is 21.7 Å². The Morgan fingerprint density at radius 2 is 0.927 bits per heavy atom. The van der Waals surface area contributed by atoms with Crippen molar-refractivity contribution in [1.29, 1.82) is 0 Å². The molecule has 0 aliphatic rings. The second-order valence-corrected chi connectivity index (χ2v) is 13.1. The minimum atomic E-state index is -4.48. The highest BCUT2D eigenvalue weighted by atomic mass is 32.3. The fourth-order valence-corrected chi connectivity index (χ4v) is 5.55. The molecule has 0 atom stereocenters. The second kappa shape index (κ2) is 30.5. The first-order valence-corrected chi connectivity index (χ1v) is 18.8. The molecular formula is C34H68N2O4S. The van der Waals surface area contributed by atoms with E-state index in [0.717, 1.165) is 12.8 Å². The molecule has 0 aromatic carbocycles. The molecule has 0 spiro atoms. The zero-order chi connectivity index (χ0) is 30.3. The molecule has 1 rings (SSSR count). The smallest absolute Gasteiger partial charge is 0.243 e. The average molecular weight is 601 g/mol. The van der Waals surface area contributed by atoms with Gasteiger partial charge in [-0.1, -0.05) is 162 Å². The maximum Gasteiger partial charge on any atom is 0.243 e. The molecule has 7 heteroatoms. The minimum Gasteiger partial charge on any atom is -0.726 e. The van der Waals surface area contributed by atoms with E-state index in [1.807, 2.05) is 0 Å². The summed E-state index contributed by atoms with van der Waals surface area (Å²) in [6, 6.07) is 0. The van der Waals surface area contributed by atoms with Crippen molar-refractivity contribution in [3.8, 4) is 0 Å². The van der Waals surface area contributed by atoms with Crippen molar-refractivity contribution in [3.05, 3.63) is 18.7 Å². The highest BCUT2D eigenvalue weighted by Crippen LogP contribution is 2.14. The summed E-state index contributed by atoms with van der Waals surface area (Å²) in [5.41, 5.74) is 0. The minimum absolute atomic E-state index is 0.0301. The van der Waals surface area contributed by atoms with E-state index in [1.54, 1.807) is 0 Å². The van der Waals surface area contributed by atoms with Crippen LogP contribution in [0.4, 0.5) is 0 Å². The maximum atomic E-state index is 10.1. The average Bonchev–Trinajstić information content (AvgIpc) is 3.36. The Kier molecular flexibility index (Phi) is 29.8. The Morgan fingerprint density at radius 3 is 1.24 bits per heavy atom. The molecule has 41 heavy (non-hydrogen) atoms. The predicted octanol–water partition coefficient (Wildman–Crippen LogP) is 9.96. The van der Waals surface area contributed by atoms with Crippen LogP contribution in [-0.2, 0) is 28.2 Å². The van der Waals surface area contributed by atoms with Crippen molar-refractivity contribution in [2.24, 2.45) is 7.05 Å². The lowest BCUT2D eigenvalue weighted by molar-refractivity contribution is -0.671. The lowest BCUT2D eigenvalue weighted by Crippen LogP contribution is -2.23. The topological polar surface area (TPSA) is 75.2 Å². The molecule has 1 aromatic rings. The van der Waals surface area contributed by atoms with E-state index in [0.29, 0.717) is 6.42 Å². The molecule has 0 saturated carbocycles. The summed E-state index contributed by atoms with van der Waals surface area (Å²) in [6.45, 7) is 5.72. The summed E-state index contributed by atoms with van der Waals surface area (Å²) in [7, 11) is -2.40. The van der Waals surface area contributed by atoms with Crippen LogP contribution in [0.25, 0.3) is 0 Å². The normalized spacial score (nSPS) is 11.5. The van der Waals surface area contributed by atoms with Gasteiger partial charge in [-0.25, -0.2) is 17.6 Å². The van der Waals surface area contributed by atoms with Crippen LogP contribution >= 0.6 is 0 Å². The fraction of sp³-hybridized carbons (Fsp3) is 0.912. The van der Waals surface area contributed by atoms with E-state index in [4.69, 9.17) is 0 Å². The molecule has 0 aliphatic carbocycles. The van der Waals surface area contributed by atoms with Crippen molar-refractivity contribution in [1.82, 2.24) is 4.57 Å². The van der Waals surface area contributed by atoms with Crippen molar-refractivity contribution in [3.63, 3.8) is 0 Å². The highest BCUT2D eigenvalue weighted by molar-refractivity contribution is 7.80. The van der Waals surface area contributed by atoms with Gasteiger partial charge in [0.25, 0.3) is 0 Å². The van der Waals surface area contributed by atoms with Gasteiger partial charge in [0, 0.05) is 0 Å². The molecule has 0 N–H and O–H groups in total. The van der Waals surface area contributed by atoms with E-state index < -0.39 is 10.4 Å². The van der Waals surface area contributed by atoms with Crippen molar-refractivity contribution >= 4 is 10.4 Å². The second-order valence-electron chi connectivity index (χ2n) is 12.0. The van der Waals surface area contributed by atoms with Gasteiger partial charge in [0.1, 0.15) is 12.4 Å². The number of unbranched alkanes of at least 4 members (excludes halogenated alkanes) is 24. The first-order valence-electron chi connectivity index (χ1n) is 17.5. The lowest BCUT2D eigenvalue weighted by Gasteiger charge is -2.06. The van der Waals surface area contributed by atoms with Gasteiger partial charge in [0.2, 0.25) is 16.7 Å². The number of aromatic nitrogens is 2. The van der Waals surface area contributed by atoms with Gasteiger partial charge in [-0.15, -0.1) is 0 Å². The molecule has 0 unspecified atom stereocenters. The fourth-order valence-electron chi connectivity index (χ4n) is 5.23. The Balaban J connectivity index is 0.000000831. The third-order valence-corrected chi connectivity index (χ3v) is 8.27. The number of hydrogen-bond donors (Lipinski definition) is 0. The number of nitrogens with zero attached hydrogens (tertiary/aromatic N) is 2. The monoisotopic (exact) mass is 600 g/mol. The SMILES string of the molecule is CCCCCCCCCCCCCCCCCCn1cc[n+](C)c1.CCCCCCCCCCCCOS(=O)(=O)[O-]. The van der Waals surface area contributed by atoms with Crippen LogP contribution in [-0.4, -0.2) is 24.1 Å². The Morgan fingerprint density at radius 1 is 0.585 bits per heavy atom. The van der Waals surface area contributed by atoms with E-state index in [-0.39, 0.29) is 6.61 Å². The van der Waals surface area contributed by atoms with Crippen molar-refractivity contribution in [2.45, 2.75) is 187 Å². The largest absolute Gasteiger partial charge is 0.726 e. The van der Waals surface area contributed by atoms with Gasteiger partial charge in [-0.2, -0.15) is 0 Å². The van der Waals surface area contributed by atoms with Crippen LogP contribution in [0.3, 0.4) is 0 Å². The molecule has 0 saturated heterocycles. The molecule has 0 radical (unpaired) electrons. The highest BCUT2D eigenvalue weighted by Gasteiger charge is 2.00. The van der Waals surface area contributed by atoms with Gasteiger partial charge in [-0.3, -0.25) is 4.18 Å². The maximum absolute atomic E-state index is 10.1. The summed E-state index contributed by atoms with van der Waals surface area (Å²) in [5.74, 6) is 0. The third-order valence-electron chi connectivity index (χ3n) is 7.82. The first kappa shape index (κ1) is 40.1. The van der Waals surface area contributed by atoms with Crippen molar-refractivity contribution in [2.75, 3.05) is 6.61 Å². The van der Waals surface area contributed by atoms with Crippen LogP contribution in [0.5, 0.6) is 0 Å². The molecule has 0 amide bonds. The zero-order valence-corrected chi connectivity index (χ0v) is 28.3. The summed E-state index contributed by atoms with van der Waals surface area (Å²) >= 11 is 0. The number of hydrogen-bond acceptors (Lipinski definition) is 4. The molecule has 6 nitrogen and oxygen atoms in total. The van der Waals surface area contributed by atoms with Gasteiger partial charge >= 0.3 is 0 Å². The summed E-state index contributed by atoms with van der Waals surface area (Å²) in [4.78, 5) is 0. The Hall–Kier alpha value is -0.920. The summed E-state index contributed by atoms with van der Waals surface area (Å²) in [6.07, 6.45) is 41.2.